The van der Waals surface area contributed by atoms with Gasteiger partial charge in [-0.25, -0.2) is 0 Å². The van der Waals surface area contributed by atoms with E-state index in [4.69, 9.17) is 0 Å². The average molecular weight is 687 g/mol. The summed E-state index contributed by atoms with van der Waals surface area (Å²) in [7, 11) is 0. The highest BCUT2D eigenvalue weighted by Gasteiger charge is 2.33. The summed E-state index contributed by atoms with van der Waals surface area (Å²) in [5.74, 6) is 0. The molecule has 0 saturated carbocycles. The van der Waals surface area contributed by atoms with Crippen molar-refractivity contribution >= 4 is 10.8 Å². The molecule has 0 saturated heterocycles. The molecule has 0 unspecified atom stereocenters. The van der Waals surface area contributed by atoms with Crippen LogP contribution in [0.1, 0.15) is 22.3 Å². The van der Waals surface area contributed by atoms with E-state index >= 15 is 0 Å². The summed E-state index contributed by atoms with van der Waals surface area (Å²) in [4.78, 5) is 0. The SMILES string of the molecule is c1ccc(-c2c3c(c(-c4ccccc4)c(-c4ccccc4)c2-c2ccccc2)Cc2c(c(-c4ccccc4)c4ccccc4c2-c2ccccc2)C3)cc1. The van der Waals surface area contributed by atoms with E-state index in [2.05, 4.69) is 206 Å². The molecule has 10 rings (SSSR count). The van der Waals surface area contributed by atoms with Crippen molar-refractivity contribution in [2.24, 2.45) is 0 Å². The Morgan fingerprint density at radius 1 is 0.185 bits per heavy atom. The fourth-order valence-electron chi connectivity index (χ4n) is 9.04. The third-order valence-electron chi connectivity index (χ3n) is 11.2. The molecule has 9 aromatic rings. The van der Waals surface area contributed by atoms with Crippen molar-refractivity contribution in [1.29, 1.82) is 0 Å². The first-order valence-corrected chi connectivity index (χ1v) is 19.0. The molecule has 0 heterocycles. The first kappa shape index (κ1) is 31.9. The fourth-order valence-corrected chi connectivity index (χ4v) is 9.04. The van der Waals surface area contributed by atoms with Crippen molar-refractivity contribution in [1.82, 2.24) is 0 Å². The minimum absolute atomic E-state index is 0.818. The largest absolute Gasteiger partial charge is 0.0622 e. The Morgan fingerprint density at radius 2 is 0.389 bits per heavy atom. The molecule has 0 fully saturated rings. The van der Waals surface area contributed by atoms with E-state index in [-0.39, 0.29) is 0 Å². The van der Waals surface area contributed by atoms with Crippen LogP contribution < -0.4 is 0 Å². The van der Waals surface area contributed by atoms with Crippen LogP contribution in [0.4, 0.5) is 0 Å². The summed E-state index contributed by atoms with van der Waals surface area (Å²) in [5, 5.41) is 2.61. The molecule has 0 atom stereocenters. The minimum atomic E-state index is 0.818. The van der Waals surface area contributed by atoms with E-state index in [1.165, 1.54) is 99.8 Å². The van der Waals surface area contributed by atoms with E-state index in [1.54, 1.807) is 0 Å². The van der Waals surface area contributed by atoms with Crippen molar-refractivity contribution < 1.29 is 0 Å². The first-order valence-electron chi connectivity index (χ1n) is 19.0. The van der Waals surface area contributed by atoms with Gasteiger partial charge < -0.3 is 0 Å². The van der Waals surface area contributed by atoms with Crippen LogP contribution in [0.3, 0.4) is 0 Å². The van der Waals surface area contributed by atoms with Crippen molar-refractivity contribution in [2.75, 3.05) is 0 Å². The van der Waals surface area contributed by atoms with Gasteiger partial charge in [0.2, 0.25) is 0 Å². The molecule has 0 radical (unpaired) electrons. The van der Waals surface area contributed by atoms with Crippen molar-refractivity contribution in [3.05, 3.63) is 229 Å². The maximum absolute atomic E-state index is 2.33. The molecule has 0 aliphatic heterocycles. The summed E-state index contributed by atoms with van der Waals surface area (Å²) >= 11 is 0. The van der Waals surface area contributed by atoms with Crippen LogP contribution >= 0.6 is 0 Å². The van der Waals surface area contributed by atoms with E-state index in [1.807, 2.05) is 0 Å². The molecular weight excluding hydrogens is 649 g/mol. The van der Waals surface area contributed by atoms with Crippen molar-refractivity contribution in [3.63, 3.8) is 0 Å². The normalized spacial score (nSPS) is 11.9. The van der Waals surface area contributed by atoms with Gasteiger partial charge in [0.25, 0.3) is 0 Å². The maximum atomic E-state index is 2.33. The third kappa shape index (κ3) is 5.38. The lowest BCUT2D eigenvalue weighted by Crippen LogP contribution is -2.16. The summed E-state index contributed by atoms with van der Waals surface area (Å²) in [6, 6.07) is 75.7. The molecule has 0 N–H and O–H groups in total. The summed E-state index contributed by atoms with van der Waals surface area (Å²) < 4.78 is 0. The lowest BCUT2D eigenvalue weighted by Gasteiger charge is -2.34. The Kier molecular flexibility index (Phi) is 8.08. The van der Waals surface area contributed by atoms with E-state index < -0.39 is 0 Å². The Balaban J connectivity index is 1.42. The van der Waals surface area contributed by atoms with Crippen LogP contribution in [-0.2, 0) is 12.8 Å². The van der Waals surface area contributed by atoms with Gasteiger partial charge in [-0.2, -0.15) is 0 Å². The highest BCUT2D eigenvalue weighted by atomic mass is 14.4. The Morgan fingerprint density at radius 3 is 0.667 bits per heavy atom. The molecule has 0 nitrogen and oxygen atoms in total. The minimum Gasteiger partial charge on any atom is -0.0622 e. The Labute approximate surface area is 317 Å². The van der Waals surface area contributed by atoms with Gasteiger partial charge in [-0.05, 0) is 113 Å². The Hall–Kier alpha value is -6.76. The van der Waals surface area contributed by atoms with E-state index in [0.29, 0.717) is 0 Å². The number of benzene rings is 9. The monoisotopic (exact) mass is 686 g/mol. The van der Waals surface area contributed by atoms with Crippen molar-refractivity contribution in [3.8, 4) is 66.8 Å². The van der Waals surface area contributed by atoms with Crippen LogP contribution in [0.2, 0.25) is 0 Å². The van der Waals surface area contributed by atoms with E-state index in [0.717, 1.165) is 12.8 Å². The summed E-state index contributed by atoms with van der Waals surface area (Å²) in [6.45, 7) is 0. The third-order valence-corrected chi connectivity index (χ3v) is 11.2. The van der Waals surface area contributed by atoms with Gasteiger partial charge in [0.05, 0.1) is 0 Å². The number of rotatable bonds is 6. The predicted molar refractivity (Wildman–Crippen MR) is 229 cm³/mol. The Bertz CT molecular complexity index is 2560. The molecule has 0 heteroatoms. The number of hydrogen-bond donors (Lipinski definition) is 0. The number of fused-ring (bicyclic) bond motifs is 3. The van der Waals surface area contributed by atoms with Crippen LogP contribution in [0.5, 0.6) is 0 Å². The lowest BCUT2D eigenvalue weighted by molar-refractivity contribution is 1.02. The second-order valence-electron chi connectivity index (χ2n) is 14.3. The molecule has 0 bridgehead atoms. The molecule has 54 heavy (non-hydrogen) atoms. The molecule has 254 valence electrons. The highest BCUT2D eigenvalue weighted by Crippen LogP contribution is 2.54. The van der Waals surface area contributed by atoms with Gasteiger partial charge in [-0.1, -0.05) is 206 Å². The van der Waals surface area contributed by atoms with Gasteiger partial charge in [-0.3, -0.25) is 0 Å². The fraction of sp³-hybridized carbons (Fsp3) is 0.0370. The van der Waals surface area contributed by atoms with Crippen LogP contribution in [-0.4, -0.2) is 0 Å². The van der Waals surface area contributed by atoms with Crippen molar-refractivity contribution in [2.45, 2.75) is 12.8 Å². The zero-order chi connectivity index (χ0) is 35.8. The summed E-state index contributed by atoms with van der Waals surface area (Å²) in [5.41, 5.74) is 21.1. The molecular formula is C54H38. The van der Waals surface area contributed by atoms with Crippen LogP contribution in [0, 0.1) is 0 Å². The van der Waals surface area contributed by atoms with Gasteiger partial charge in [0, 0.05) is 0 Å². The molecule has 0 spiro atoms. The van der Waals surface area contributed by atoms with Gasteiger partial charge in [0.1, 0.15) is 0 Å². The first-order chi connectivity index (χ1) is 26.8. The van der Waals surface area contributed by atoms with Crippen LogP contribution in [0.25, 0.3) is 77.5 Å². The van der Waals surface area contributed by atoms with Gasteiger partial charge in [0.15, 0.2) is 0 Å². The standard InChI is InChI=1S/C54H38/c1-7-21-37(22-8-1)49-43-33-19-20-34-44(43)50(38-23-9-2-10-24-38)46-36-48-47(35-45(46)49)51(39-25-11-3-12-26-39)53(41-29-15-5-16-30-41)54(42-31-17-6-18-32-42)52(48)40-27-13-4-14-28-40/h1-34H,35-36H2. The quantitative estimate of drug-likeness (QED) is 0.163. The summed E-state index contributed by atoms with van der Waals surface area (Å²) in [6.07, 6.45) is 1.64. The van der Waals surface area contributed by atoms with Gasteiger partial charge in [-0.15, -0.1) is 0 Å². The lowest BCUT2D eigenvalue weighted by atomic mass is 9.69. The molecule has 0 aromatic heterocycles. The number of hydrogen-bond acceptors (Lipinski definition) is 0. The smallest absolute Gasteiger partial charge is 0.000684 e. The second-order valence-corrected chi connectivity index (χ2v) is 14.3. The topological polar surface area (TPSA) is 0 Å². The average Bonchev–Trinajstić information content (AvgIpc) is 3.26. The van der Waals surface area contributed by atoms with Crippen LogP contribution in [0.15, 0.2) is 206 Å². The zero-order valence-corrected chi connectivity index (χ0v) is 30.0. The molecule has 1 aliphatic rings. The molecule has 1 aliphatic carbocycles. The second kappa shape index (κ2) is 13.7. The molecule has 0 amide bonds. The highest BCUT2D eigenvalue weighted by molar-refractivity contribution is 6.10. The maximum Gasteiger partial charge on any atom is -0.000684 e. The predicted octanol–water partition coefficient (Wildman–Crippen LogP) is 14.3. The zero-order valence-electron chi connectivity index (χ0n) is 30.0. The van der Waals surface area contributed by atoms with E-state index in [9.17, 15) is 0 Å². The molecule has 9 aromatic carbocycles. The van der Waals surface area contributed by atoms with Gasteiger partial charge >= 0.3 is 0 Å².